The van der Waals surface area contributed by atoms with Gasteiger partial charge in [0.15, 0.2) is 0 Å². The predicted molar refractivity (Wildman–Crippen MR) is 102 cm³/mol. The van der Waals surface area contributed by atoms with Crippen molar-refractivity contribution in [2.45, 2.75) is 13.1 Å². The quantitative estimate of drug-likeness (QED) is 0.551. The van der Waals surface area contributed by atoms with Gasteiger partial charge in [0.2, 0.25) is 5.95 Å². The van der Waals surface area contributed by atoms with E-state index < -0.39 is 11.7 Å². The Morgan fingerprint density at radius 3 is 2.41 bits per heavy atom. The molecule has 0 atom stereocenters. The van der Waals surface area contributed by atoms with Crippen molar-refractivity contribution in [1.82, 2.24) is 15.0 Å². The molecule has 3 aromatic rings. The molecule has 9 heteroatoms. The molecule has 27 heavy (non-hydrogen) atoms. The molecule has 0 saturated carbocycles. The standard InChI is InChI=1S/C18H15BrF3N5/c1-2-24-17-26-15(11-5-7-23-8-6-11)10-16(27-17)25-14-4-3-12(9-13(14)19)18(20,21)22/h3-10H,2H2,1H3,(H2,24,25,26,27). The predicted octanol–water partition coefficient (Wildman–Crippen LogP) is 5.50. The van der Waals surface area contributed by atoms with E-state index in [4.69, 9.17) is 0 Å². The molecule has 0 amide bonds. The van der Waals surface area contributed by atoms with Gasteiger partial charge in [-0.05, 0) is 53.2 Å². The number of nitrogens with zero attached hydrogens (tertiary/aromatic N) is 3. The summed E-state index contributed by atoms with van der Waals surface area (Å²) in [6, 6.07) is 8.75. The lowest BCUT2D eigenvalue weighted by Crippen LogP contribution is -2.07. The van der Waals surface area contributed by atoms with Crippen molar-refractivity contribution < 1.29 is 13.2 Å². The monoisotopic (exact) mass is 437 g/mol. The van der Waals surface area contributed by atoms with Crippen molar-refractivity contribution in [3.05, 3.63) is 58.8 Å². The number of rotatable bonds is 5. The van der Waals surface area contributed by atoms with Crippen LogP contribution >= 0.6 is 15.9 Å². The topological polar surface area (TPSA) is 62.7 Å². The van der Waals surface area contributed by atoms with Crippen molar-refractivity contribution >= 4 is 33.4 Å². The number of hydrogen-bond donors (Lipinski definition) is 2. The summed E-state index contributed by atoms with van der Waals surface area (Å²) in [6.45, 7) is 2.55. The molecule has 0 spiro atoms. The smallest absolute Gasteiger partial charge is 0.354 e. The molecule has 0 unspecified atom stereocenters. The van der Waals surface area contributed by atoms with Crippen LogP contribution in [-0.4, -0.2) is 21.5 Å². The maximum absolute atomic E-state index is 12.8. The second-order valence-corrected chi connectivity index (χ2v) is 6.40. The van der Waals surface area contributed by atoms with Crippen molar-refractivity contribution in [2.75, 3.05) is 17.2 Å². The van der Waals surface area contributed by atoms with Crippen LogP contribution in [0.3, 0.4) is 0 Å². The van der Waals surface area contributed by atoms with Crippen molar-refractivity contribution in [3.8, 4) is 11.3 Å². The zero-order valence-corrected chi connectivity index (χ0v) is 15.8. The molecule has 0 aliphatic carbocycles. The molecule has 2 N–H and O–H groups in total. The lowest BCUT2D eigenvalue weighted by atomic mass is 10.2. The van der Waals surface area contributed by atoms with Gasteiger partial charge in [0, 0.05) is 35.0 Å². The van der Waals surface area contributed by atoms with Crippen LogP contribution in [0.2, 0.25) is 0 Å². The van der Waals surface area contributed by atoms with Gasteiger partial charge in [0.1, 0.15) is 5.82 Å². The van der Waals surface area contributed by atoms with E-state index >= 15 is 0 Å². The second-order valence-electron chi connectivity index (χ2n) is 5.55. The van der Waals surface area contributed by atoms with E-state index in [-0.39, 0.29) is 4.47 Å². The first kappa shape index (κ1) is 19.1. The average Bonchev–Trinajstić information content (AvgIpc) is 2.63. The SMILES string of the molecule is CCNc1nc(Nc2ccc(C(F)(F)F)cc2Br)cc(-c2ccncc2)n1. The third kappa shape index (κ3) is 4.73. The molecule has 0 aliphatic rings. The number of aromatic nitrogens is 3. The largest absolute Gasteiger partial charge is 0.416 e. The molecule has 0 saturated heterocycles. The van der Waals surface area contributed by atoms with Gasteiger partial charge in [-0.1, -0.05) is 0 Å². The second kappa shape index (κ2) is 7.91. The van der Waals surface area contributed by atoms with E-state index in [1.165, 1.54) is 6.07 Å². The average molecular weight is 438 g/mol. The van der Waals surface area contributed by atoms with Gasteiger partial charge < -0.3 is 10.6 Å². The lowest BCUT2D eigenvalue weighted by Gasteiger charge is -2.13. The number of benzene rings is 1. The first-order chi connectivity index (χ1) is 12.9. The zero-order chi connectivity index (χ0) is 19.4. The Hall–Kier alpha value is -2.68. The van der Waals surface area contributed by atoms with E-state index in [0.29, 0.717) is 29.7 Å². The zero-order valence-electron chi connectivity index (χ0n) is 14.2. The Labute approximate surface area is 162 Å². The third-order valence-corrected chi connectivity index (χ3v) is 4.25. The fourth-order valence-electron chi connectivity index (χ4n) is 2.35. The molecule has 2 heterocycles. The lowest BCUT2D eigenvalue weighted by molar-refractivity contribution is -0.137. The fraction of sp³-hybridized carbons (Fsp3) is 0.167. The molecule has 0 aliphatic heterocycles. The fourth-order valence-corrected chi connectivity index (χ4v) is 2.83. The van der Waals surface area contributed by atoms with Crippen LogP contribution in [-0.2, 0) is 6.18 Å². The van der Waals surface area contributed by atoms with E-state index in [2.05, 4.69) is 41.5 Å². The Balaban J connectivity index is 1.96. The summed E-state index contributed by atoms with van der Waals surface area (Å²) in [4.78, 5) is 12.8. The van der Waals surface area contributed by atoms with Crippen molar-refractivity contribution in [3.63, 3.8) is 0 Å². The van der Waals surface area contributed by atoms with Crippen LogP contribution in [0.5, 0.6) is 0 Å². The Morgan fingerprint density at radius 2 is 1.78 bits per heavy atom. The van der Waals surface area contributed by atoms with Gasteiger partial charge in [0.25, 0.3) is 0 Å². The number of anilines is 3. The van der Waals surface area contributed by atoms with Crippen LogP contribution in [0.15, 0.2) is 53.3 Å². The Morgan fingerprint density at radius 1 is 1.04 bits per heavy atom. The molecular weight excluding hydrogens is 423 g/mol. The highest BCUT2D eigenvalue weighted by Crippen LogP contribution is 2.35. The summed E-state index contributed by atoms with van der Waals surface area (Å²) in [7, 11) is 0. The molecule has 0 fully saturated rings. The maximum Gasteiger partial charge on any atom is 0.416 e. The minimum absolute atomic E-state index is 0.284. The summed E-state index contributed by atoms with van der Waals surface area (Å²) in [5.74, 6) is 0.866. The van der Waals surface area contributed by atoms with Gasteiger partial charge in [-0.3, -0.25) is 4.98 Å². The Bertz CT molecular complexity index is 932. The van der Waals surface area contributed by atoms with Crippen molar-refractivity contribution in [1.29, 1.82) is 0 Å². The molecule has 2 aromatic heterocycles. The third-order valence-electron chi connectivity index (χ3n) is 3.60. The number of nitrogens with one attached hydrogen (secondary N) is 2. The molecular formula is C18H15BrF3N5. The highest BCUT2D eigenvalue weighted by molar-refractivity contribution is 9.10. The van der Waals surface area contributed by atoms with Crippen LogP contribution in [0.25, 0.3) is 11.3 Å². The van der Waals surface area contributed by atoms with Gasteiger partial charge in [-0.25, -0.2) is 4.98 Å². The summed E-state index contributed by atoms with van der Waals surface area (Å²) in [5.41, 5.74) is 1.24. The van der Waals surface area contributed by atoms with E-state index in [0.717, 1.165) is 17.7 Å². The van der Waals surface area contributed by atoms with Gasteiger partial charge in [0.05, 0.1) is 16.9 Å². The van der Waals surface area contributed by atoms with Crippen LogP contribution in [0.1, 0.15) is 12.5 Å². The first-order valence-electron chi connectivity index (χ1n) is 8.04. The van der Waals surface area contributed by atoms with Gasteiger partial charge in [-0.2, -0.15) is 18.2 Å². The summed E-state index contributed by atoms with van der Waals surface area (Å²) < 4.78 is 38.8. The number of alkyl halides is 3. The van der Waals surface area contributed by atoms with Crippen LogP contribution in [0.4, 0.5) is 30.6 Å². The van der Waals surface area contributed by atoms with Crippen molar-refractivity contribution in [2.24, 2.45) is 0 Å². The minimum atomic E-state index is -4.40. The maximum atomic E-state index is 12.8. The highest BCUT2D eigenvalue weighted by Gasteiger charge is 2.30. The summed E-state index contributed by atoms with van der Waals surface area (Å²) >= 11 is 3.18. The first-order valence-corrected chi connectivity index (χ1v) is 8.83. The van der Waals surface area contributed by atoms with E-state index in [1.807, 2.05) is 19.1 Å². The summed E-state index contributed by atoms with van der Waals surface area (Å²) in [5, 5.41) is 6.09. The number of pyridine rings is 1. The number of halogens is 4. The normalized spacial score (nSPS) is 11.3. The van der Waals surface area contributed by atoms with Crippen LogP contribution in [0, 0.1) is 0 Å². The minimum Gasteiger partial charge on any atom is -0.354 e. The molecule has 1 aromatic carbocycles. The summed E-state index contributed by atoms with van der Waals surface area (Å²) in [6.07, 6.45) is -1.09. The van der Waals surface area contributed by atoms with Crippen LogP contribution < -0.4 is 10.6 Å². The molecule has 140 valence electrons. The molecule has 0 radical (unpaired) electrons. The molecule has 5 nitrogen and oxygen atoms in total. The molecule has 0 bridgehead atoms. The van der Waals surface area contributed by atoms with Gasteiger partial charge in [-0.15, -0.1) is 0 Å². The van der Waals surface area contributed by atoms with E-state index in [1.54, 1.807) is 18.5 Å². The highest BCUT2D eigenvalue weighted by atomic mass is 79.9. The van der Waals surface area contributed by atoms with Gasteiger partial charge >= 0.3 is 6.18 Å². The Kier molecular flexibility index (Phi) is 5.59. The number of hydrogen-bond acceptors (Lipinski definition) is 5. The molecule has 3 rings (SSSR count). The van der Waals surface area contributed by atoms with E-state index in [9.17, 15) is 13.2 Å².